The molecular formula is C21H24F2N4O3. The summed E-state index contributed by atoms with van der Waals surface area (Å²) in [5.74, 6) is -3.52. The van der Waals surface area contributed by atoms with Gasteiger partial charge in [0.05, 0.1) is 23.1 Å². The van der Waals surface area contributed by atoms with E-state index in [4.69, 9.17) is 16.2 Å². The van der Waals surface area contributed by atoms with Crippen LogP contribution in [0.1, 0.15) is 48.2 Å². The molecule has 3 rings (SSSR count). The molecule has 5 N–H and O–H groups in total. The predicted molar refractivity (Wildman–Crippen MR) is 107 cm³/mol. The fourth-order valence-corrected chi connectivity index (χ4v) is 3.36. The molecule has 0 bridgehead atoms. The molecule has 7 nitrogen and oxygen atoms in total. The van der Waals surface area contributed by atoms with E-state index >= 15 is 0 Å². The van der Waals surface area contributed by atoms with E-state index in [1.54, 1.807) is 12.1 Å². The third-order valence-electron chi connectivity index (χ3n) is 5.02. The highest BCUT2D eigenvalue weighted by molar-refractivity contribution is 5.97. The molecule has 1 saturated carbocycles. The van der Waals surface area contributed by atoms with Gasteiger partial charge in [0.1, 0.15) is 23.8 Å². The Labute approximate surface area is 172 Å². The van der Waals surface area contributed by atoms with Gasteiger partial charge in [-0.2, -0.15) is 0 Å². The first-order chi connectivity index (χ1) is 14.3. The molecular weight excluding hydrogens is 394 g/mol. The Hall–Kier alpha value is -3.23. The van der Waals surface area contributed by atoms with Crippen molar-refractivity contribution in [1.29, 1.82) is 0 Å². The lowest BCUT2D eigenvalue weighted by Crippen LogP contribution is -2.45. The number of hydrogen-bond donors (Lipinski definition) is 3. The van der Waals surface area contributed by atoms with Crippen molar-refractivity contribution in [3.8, 4) is 0 Å². The zero-order valence-electron chi connectivity index (χ0n) is 16.4. The zero-order valence-corrected chi connectivity index (χ0v) is 16.4. The molecule has 0 radical (unpaired) electrons. The molecule has 30 heavy (non-hydrogen) atoms. The Morgan fingerprint density at radius 3 is 2.53 bits per heavy atom. The number of pyridine rings is 1. The number of nitrogen functional groups attached to an aromatic ring is 2. The van der Waals surface area contributed by atoms with Crippen LogP contribution in [0.15, 0.2) is 30.5 Å². The monoisotopic (exact) mass is 418 g/mol. The molecule has 1 aromatic heterocycles. The fourth-order valence-electron chi connectivity index (χ4n) is 3.36. The van der Waals surface area contributed by atoms with Gasteiger partial charge >= 0.3 is 5.97 Å². The van der Waals surface area contributed by atoms with E-state index in [1.165, 1.54) is 6.20 Å². The molecule has 1 fully saturated rings. The van der Waals surface area contributed by atoms with Crippen LogP contribution in [0.5, 0.6) is 0 Å². The van der Waals surface area contributed by atoms with E-state index in [9.17, 15) is 18.4 Å². The highest BCUT2D eigenvalue weighted by Crippen LogP contribution is 2.21. The number of nitrogens with one attached hydrogen (secondary N) is 1. The van der Waals surface area contributed by atoms with Crippen molar-refractivity contribution in [3.05, 3.63) is 53.4 Å². The number of carbonyl (C=O) groups excluding carboxylic acids is 2. The van der Waals surface area contributed by atoms with Crippen LogP contribution in [0.3, 0.4) is 0 Å². The van der Waals surface area contributed by atoms with Crippen molar-refractivity contribution >= 4 is 23.3 Å². The van der Waals surface area contributed by atoms with Gasteiger partial charge in [0.2, 0.25) is 0 Å². The number of nitrogens with two attached hydrogens (primary N) is 2. The van der Waals surface area contributed by atoms with E-state index in [0.29, 0.717) is 17.4 Å². The number of anilines is 2. The van der Waals surface area contributed by atoms with E-state index in [2.05, 4.69) is 10.3 Å². The molecule has 160 valence electrons. The van der Waals surface area contributed by atoms with Crippen molar-refractivity contribution in [3.63, 3.8) is 0 Å². The third kappa shape index (κ3) is 5.43. The first-order valence-corrected chi connectivity index (χ1v) is 9.79. The average Bonchev–Trinajstić information content (AvgIpc) is 2.72. The Kier molecular flexibility index (Phi) is 6.81. The first kappa shape index (κ1) is 21.5. The van der Waals surface area contributed by atoms with E-state index in [0.717, 1.165) is 38.2 Å². The van der Waals surface area contributed by atoms with Gasteiger partial charge in [0.25, 0.3) is 5.91 Å². The Morgan fingerprint density at radius 1 is 1.13 bits per heavy atom. The number of aromatic nitrogens is 1. The van der Waals surface area contributed by atoms with Crippen molar-refractivity contribution in [2.75, 3.05) is 11.5 Å². The Bertz CT molecular complexity index is 915. The standard InChI is InChI=1S/C21H24F2N4O3/c22-16-10-18(25)17(23)9-15(16)20(28)27-19(8-13-7-6-12(24)11-26-13)21(29)30-14-4-2-1-3-5-14/h6-7,9-11,14,19H,1-5,8,24-25H2,(H,27,28)/t19-/m0/s1. The minimum Gasteiger partial charge on any atom is -0.461 e. The number of carbonyl (C=O) groups is 2. The zero-order chi connectivity index (χ0) is 21.7. The summed E-state index contributed by atoms with van der Waals surface area (Å²) in [4.78, 5) is 29.5. The van der Waals surface area contributed by atoms with Crippen LogP contribution in [0, 0.1) is 11.6 Å². The second-order valence-corrected chi connectivity index (χ2v) is 7.36. The molecule has 1 amide bonds. The minimum absolute atomic E-state index is 0.0106. The number of esters is 1. The summed E-state index contributed by atoms with van der Waals surface area (Å²) in [7, 11) is 0. The summed E-state index contributed by atoms with van der Waals surface area (Å²) >= 11 is 0. The maximum atomic E-state index is 14.1. The number of nitrogens with zero attached hydrogens (tertiary/aromatic N) is 1. The van der Waals surface area contributed by atoms with Crippen molar-refractivity contribution in [2.24, 2.45) is 0 Å². The van der Waals surface area contributed by atoms with Crippen LogP contribution >= 0.6 is 0 Å². The third-order valence-corrected chi connectivity index (χ3v) is 5.02. The number of ether oxygens (including phenoxy) is 1. The largest absolute Gasteiger partial charge is 0.461 e. The second-order valence-electron chi connectivity index (χ2n) is 7.36. The summed E-state index contributed by atoms with van der Waals surface area (Å²) in [6, 6.07) is 3.52. The predicted octanol–water partition coefficient (Wildman–Crippen LogP) is 2.74. The topological polar surface area (TPSA) is 120 Å². The van der Waals surface area contributed by atoms with Crippen LogP contribution in [0.4, 0.5) is 20.2 Å². The molecule has 1 aliphatic carbocycles. The molecule has 0 spiro atoms. The normalized spacial score (nSPS) is 15.4. The summed E-state index contributed by atoms with van der Waals surface area (Å²) in [5, 5.41) is 2.44. The van der Waals surface area contributed by atoms with Gasteiger partial charge in [0.15, 0.2) is 0 Å². The van der Waals surface area contributed by atoms with Gasteiger partial charge in [-0.15, -0.1) is 0 Å². The fraction of sp³-hybridized carbons (Fsp3) is 0.381. The van der Waals surface area contributed by atoms with Gasteiger partial charge in [-0.25, -0.2) is 13.6 Å². The van der Waals surface area contributed by atoms with Crippen LogP contribution in [0.25, 0.3) is 0 Å². The maximum absolute atomic E-state index is 14.1. The SMILES string of the molecule is Nc1ccc(C[C@H](NC(=O)c2cc(F)c(N)cc2F)C(=O)OC2CCCCC2)nc1. The number of rotatable bonds is 6. The maximum Gasteiger partial charge on any atom is 0.329 e. The van der Waals surface area contributed by atoms with Crippen molar-refractivity contribution in [1.82, 2.24) is 10.3 Å². The second kappa shape index (κ2) is 9.51. The number of halogens is 2. The van der Waals surface area contributed by atoms with Gasteiger partial charge < -0.3 is 21.5 Å². The number of hydrogen-bond acceptors (Lipinski definition) is 6. The lowest BCUT2D eigenvalue weighted by molar-refractivity contribution is -0.152. The molecule has 0 unspecified atom stereocenters. The van der Waals surface area contributed by atoms with Crippen LogP contribution in [-0.2, 0) is 16.0 Å². The smallest absolute Gasteiger partial charge is 0.329 e. The average molecular weight is 418 g/mol. The van der Waals surface area contributed by atoms with Gasteiger partial charge in [0, 0.05) is 18.2 Å². The molecule has 1 heterocycles. The molecule has 9 heteroatoms. The molecule has 2 aromatic rings. The molecule has 1 aromatic carbocycles. The Morgan fingerprint density at radius 2 is 1.87 bits per heavy atom. The Balaban J connectivity index is 1.78. The van der Waals surface area contributed by atoms with E-state index < -0.39 is 40.8 Å². The highest BCUT2D eigenvalue weighted by atomic mass is 19.1. The van der Waals surface area contributed by atoms with Crippen molar-refractivity contribution in [2.45, 2.75) is 50.7 Å². The summed E-state index contributed by atoms with van der Waals surface area (Å²) in [6.45, 7) is 0. The van der Waals surface area contributed by atoms with E-state index in [1.807, 2.05) is 0 Å². The van der Waals surface area contributed by atoms with Crippen molar-refractivity contribution < 1.29 is 23.1 Å². The molecule has 1 atom stereocenters. The molecule has 0 aliphatic heterocycles. The first-order valence-electron chi connectivity index (χ1n) is 9.79. The quantitative estimate of drug-likeness (QED) is 0.490. The van der Waals surface area contributed by atoms with Crippen LogP contribution in [-0.4, -0.2) is 29.0 Å². The van der Waals surface area contributed by atoms with Crippen LogP contribution in [0.2, 0.25) is 0 Å². The summed E-state index contributed by atoms with van der Waals surface area (Å²) < 4.78 is 33.4. The lowest BCUT2D eigenvalue weighted by atomic mass is 9.97. The number of amides is 1. The number of benzene rings is 1. The molecule has 1 aliphatic rings. The summed E-state index contributed by atoms with van der Waals surface area (Å²) in [6.07, 6.45) is 5.73. The summed E-state index contributed by atoms with van der Waals surface area (Å²) in [5.41, 5.74) is 10.9. The minimum atomic E-state index is -1.13. The van der Waals surface area contributed by atoms with Gasteiger partial charge in [-0.05, 0) is 43.9 Å². The van der Waals surface area contributed by atoms with Gasteiger partial charge in [-0.3, -0.25) is 9.78 Å². The lowest BCUT2D eigenvalue weighted by Gasteiger charge is -2.25. The van der Waals surface area contributed by atoms with E-state index in [-0.39, 0.29) is 12.5 Å². The molecule has 0 saturated heterocycles. The van der Waals surface area contributed by atoms with Gasteiger partial charge in [-0.1, -0.05) is 6.42 Å². The van der Waals surface area contributed by atoms with Crippen LogP contribution < -0.4 is 16.8 Å². The highest BCUT2D eigenvalue weighted by Gasteiger charge is 2.28.